The van der Waals surface area contributed by atoms with Gasteiger partial charge >= 0.3 is 0 Å². The summed E-state index contributed by atoms with van der Waals surface area (Å²) in [6, 6.07) is 8.89. The molecule has 34 heavy (non-hydrogen) atoms. The summed E-state index contributed by atoms with van der Waals surface area (Å²) in [5.74, 6) is 2.14. The van der Waals surface area contributed by atoms with Gasteiger partial charge in [0, 0.05) is 32.3 Å². The summed E-state index contributed by atoms with van der Waals surface area (Å²) >= 11 is 0. The number of fused-ring (bicyclic) bond motifs is 5. The first kappa shape index (κ1) is 24.8. The molecule has 3 unspecified atom stereocenters. The summed E-state index contributed by atoms with van der Waals surface area (Å²) in [6.45, 7) is 5.88. The van der Waals surface area contributed by atoms with Crippen LogP contribution in [0, 0.1) is 23.2 Å². The number of benzene rings is 1. The molecule has 4 nitrogen and oxygen atoms in total. The van der Waals surface area contributed by atoms with E-state index in [0.29, 0.717) is 48.8 Å². The molecule has 0 radical (unpaired) electrons. The van der Waals surface area contributed by atoms with Gasteiger partial charge in [-0.3, -0.25) is 14.6 Å². The second kappa shape index (κ2) is 10.5. The number of carbonyl (C=O) groups excluding carboxylic acids is 2. The van der Waals surface area contributed by atoms with Crippen LogP contribution in [0.25, 0.3) is 0 Å². The largest absolute Gasteiger partial charge is 0.311 e. The topological polar surface area (TPSA) is 58.5 Å². The van der Waals surface area contributed by atoms with Crippen LogP contribution in [0.1, 0.15) is 90.6 Å². The Kier molecular flexibility index (Phi) is 7.69. The number of hydrogen-bond acceptors (Lipinski definition) is 3. The van der Waals surface area contributed by atoms with Gasteiger partial charge in [-0.15, -0.1) is 0 Å². The molecule has 0 heterocycles. The molecule has 186 valence electrons. The Morgan fingerprint density at radius 1 is 1.29 bits per heavy atom. The Labute approximate surface area is 205 Å². The van der Waals surface area contributed by atoms with Crippen LogP contribution in [0.3, 0.4) is 0 Å². The van der Waals surface area contributed by atoms with Crippen LogP contribution in [0.2, 0.25) is 0 Å². The molecular weight excluding hydrogens is 427 g/mol. The lowest BCUT2D eigenvalue weighted by Crippen LogP contribution is -2.45. The fraction of sp³-hybridized carbons (Fsp3) is 0.621. The average Bonchev–Trinajstić information content (AvgIpc) is 3.10. The fourth-order valence-electron chi connectivity index (χ4n) is 7.46. The van der Waals surface area contributed by atoms with Crippen molar-refractivity contribution < 1.29 is 15.4 Å². The number of carbonyl (C=O) groups is 2. The number of amidine groups is 1. The number of hydrogen-bond donors (Lipinski definition) is 1. The summed E-state index contributed by atoms with van der Waals surface area (Å²) in [5.41, 5.74) is 2.84. The van der Waals surface area contributed by atoms with E-state index in [2.05, 4.69) is 41.5 Å². The van der Waals surface area contributed by atoms with E-state index < -0.39 is 0 Å². The molecule has 1 amide bonds. The Balaban J connectivity index is 0.00000342. The number of nitrogens with one attached hydrogen (secondary N) is 1. The summed E-state index contributed by atoms with van der Waals surface area (Å²) < 4.78 is 13.3. The Morgan fingerprint density at radius 2 is 2.09 bits per heavy atom. The lowest BCUT2D eigenvalue weighted by Gasteiger charge is -2.51. The monoisotopic (exact) mass is 468 g/mol. The number of halogens is 1. The molecule has 4 rings (SSSR count). The first-order chi connectivity index (χ1) is 16.4. The number of aliphatic imine (C=N–C) groups is 1. The number of ketones is 1. The molecule has 3 aliphatic rings. The van der Waals surface area contributed by atoms with Crippen molar-refractivity contribution >= 4 is 17.5 Å². The molecule has 0 spiro atoms. The quantitative estimate of drug-likeness (QED) is 0.364. The number of rotatable bonds is 7. The normalized spacial score (nSPS) is 31.0. The van der Waals surface area contributed by atoms with E-state index in [1.807, 2.05) is 6.92 Å². The van der Waals surface area contributed by atoms with Gasteiger partial charge in [0.2, 0.25) is 5.91 Å². The van der Waals surface area contributed by atoms with Crippen LogP contribution in [-0.4, -0.2) is 24.1 Å². The van der Waals surface area contributed by atoms with Crippen LogP contribution in [0.15, 0.2) is 41.2 Å². The van der Waals surface area contributed by atoms with Crippen molar-refractivity contribution in [3.05, 3.63) is 47.3 Å². The van der Waals surface area contributed by atoms with Gasteiger partial charge < -0.3 is 5.32 Å². The summed E-state index contributed by atoms with van der Waals surface area (Å²) in [7, 11) is 0. The molecule has 0 saturated heterocycles. The molecule has 5 heteroatoms. The zero-order chi connectivity index (χ0) is 24.3. The SMILES string of the molecule is CCN=C(/C=C(\C)F)NC(=O)CCC[C@@H]1CC(=O)[C@@]2(CC)CCC3c4ccccc4CCC3C12.[HH]. The molecule has 1 aromatic rings. The van der Waals surface area contributed by atoms with Crippen LogP contribution >= 0.6 is 0 Å². The van der Waals surface area contributed by atoms with E-state index in [1.54, 1.807) is 0 Å². The van der Waals surface area contributed by atoms with Gasteiger partial charge in [-0.05, 0) is 93.6 Å². The van der Waals surface area contributed by atoms with E-state index in [-0.39, 0.29) is 24.4 Å². The van der Waals surface area contributed by atoms with E-state index in [1.165, 1.54) is 30.5 Å². The van der Waals surface area contributed by atoms with Gasteiger partial charge in [-0.1, -0.05) is 31.2 Å². The van der Waals surface area contributed by atoms with Gasteiger partial charge in [-0.2, -0.15) is 0 Å². The van der Waals surface area contributed by atoms with Crippen LogP contribution in [-0.2, 0) is 16.0 Å². The minimum absolute atomic E-state index is 0. The van der Waals surface area contributed by atoms with Crippen LogP contribution in [0.5, 0.6) is 0 Å². The number of aryl methyl sites for hydroxylation is 1. The third-order valence-electron chi connectivity index (χ3n) is 8.77. The van der Waals surface area contributed by atoms with Crippen molar-refractivity contribution in [1.82, 2.24) is 5.32 Å². The van der Waals surface area contributed by atoms with E-state index in [4.69, 9.17) is 0 Å². The zero-order valence-electron chi connectivity index (χ0n) is 20.9. The first-order valence-corrected chi connectivity index (χ1v) is 13.2. The minimum atomic E-state index is -0.381. The lowest BCUT2D eigenvalue weighted by atomic mass is 9.52. The highest BCUT2D eigenvalue weighted by atomic mass is 19.1. The first-order valence-electron chi connectivity index (χ1n) is 13.2. The van der Waals surface area contributed by atoms with Gasteiger partial charge in [0.15, 0.2) is 0 Å². The zero-order valence-corrected chi connectivity index (χ0v) is 20.9. The molecule has 5 atom stereocenters. The van der Waals surface area contributed by atoms with E-state index in [9.17, 15) is 14.0 Å². The van der Waals surface area contributed by atoms with Crippen molar-refractivity contribution in [3.63, 3.8) is 0 Å². The highest BCUT2D eigenvalue weighted by Crippen LogP contribution is 2.63. The van der Waals surface area contributed by atoms with Crippen LogP contribution < -0.4 is 5.32 Å². The lowest BCUT2D eigenvalue weighted by molar-refractivity contribution is -0.131. The third kappa shape index (κ3) is 4.76. The maximum absolute atomic E-state index is 13.4. The Morgan fingerprint density at radius 3 is 2.82 bits per heavy atom. The molecule has 0 aromatic heterocycles. The maximum atomic E-state index is 13.4. The third-order valence-corrected chi connectivity index (χ3v) is 8.77. The smallest absolute Gasteiger partial charge is 0.225 e. The van der Waals surface area contributed by atoms with Crippen LogP contribution in [0.4, 0.5) is 4.39 Å². The number of Topliss-reactive ketones (excluding diaryl/α,β-unsaturated/α-hetero) is 1. The maximum Gasteiger partial charge on any atom is 0.225 e. The van der Waals surface area contributed by atoms with E-state index in [0.717, 1.165) is 38.5 Å². The van der Waals surface area contributed by atoms with Crippen molar-refractivity contribution in [3.8, 4) is 0 Å². The van der Waals surface area contributed by atoms with Gasteiger partial charge in [-0.25, -0.2) is 4.39 Å². The molecular formula is C29H41FN2O2. The predicted octanol–water partition coefficient (Wildman–Crippen LogP) is 6.55. The summed E-state index contributed by atoms with van der Waals surface area (Å²) in [4.78, 5) is 30.0. The van der Waals surface area contributed by atoms with Crippen molar-refractivity contribution in [2.24, 2.45) is 28.2 Å². The standard InChI is InChI=1S/C29H39FN2O2.H2/c1-4-29-16-15-23-22-11-7-6-9-20(22)13-14-24(23)28(29)21(18-25(29)33)10-8-12-27(34)32-26(31-5-2)17-19(3)30;/h6-7,9,11,17,21,23-24,28H,4-5,8,10,12-16,18H2,1-3H3,(H,31,32,34);1H/b19-17+;/t21-,23?,24?,28?,29-;/m1./s1. The second-order valence-electron chi connectivity index (χ2n) is 10.5. The number of nitrogens with zero attached hydrogens (tertiary/aromatic N) is 1. The van der Waals surface area contributed by atoms with Crippen molar-refractivity contribution in [2.45, 2.75) is 84.5 Å². The molecule has 2 fully saturated rings. The molecule has 2 saturated carbocycles. The van der Waals surface area contributed by atoms with Gasteiger partial charge in [0.1, 0.15) is 17.4 Å². The van der Waals surface area contributed by atoms with E-state index >= 15 is 0 Å². The second-order valence-corrected chi connectivity index (χ2v) is 10.5. The summed E-state index contributed by atoms with van der Waals surface area (Å²) in [6.07, 6.45) is 9.27. The van der Waals surface area contributed by atoms with Crippen molar-refractivity contribution in [2.75, 3.05) is 6.54 Å². The Bertz CT molecular complexity index is 987. The van der Waals surface area contributed by atoms with Gasteiger partial charge in [0.05, 0.1) is 0 Å². The molecule has 1 N–H and O–H groups in total. The van der Waals surface area contributed by atoms with Gasteiger partial charge in [0.25, 0.3) is 0 Å². The molecule has 0 aliphatic heterocycles. The highest BCUT2D eigenvalue weighted by Gasteiger charge is 2.59. The number of allylic oxidation sites excluding steroid dienone is 1. The highest BCUT2D eigenvalue weighted by molar-refractivity contribution is 6.04. The minimum Gasteiger partial charge on any atom is -0.311 e. The van der Waals surface area contributed by atoms with Crippen molar-refractivity contribution in [1.29, 1.82) is 0 Å². The Hall–Kier alpha value is -2.30. The average molecular weight is 469 g/mol. The molecule has 3 aliphatic carbocycles. The predicted molar refractivity (Wildman–Crippen MR) is 137 cm³/mol. The molecule has 1 aromatic carbocycles. The fourth-order valence-corrected chi connectivity index (χ4v) is 7.46. The molecule has 0 bridgehead atoms. The summed E-state index contributed by atoms with van der Waals surface area (Å²) in [5, 5.41) is 2.74. The number of amides is 1.